The lowest BCUT2D eigenvalue weighted by molar-refractivity contribution is 0.667. The fourth-order valence-corrected chi connectivity index (χ4v) is 7.25. The van der Waals surface area contributed by atoms with Crippen molar-refractivity contribution in [2.75, 3.05) is 0 Å². The van der Waals surface area contributed by atoms with Gasteiger partial charge in [-0.1, -0.05) is 133 Å². The van der Waals surface area contributed by atoms with Crippen LogP contribution in [-0.2, 0) is 0 Å². The van der Waals surface area contributed by atoms with Crippen molar-refractivity contribution in [1.29, 1.82) is 0 Å². The average Bonchev–Trinajstić information content (AvgIpc) is 3.69. The summed E-state index contributed by atoms with van der Waals surface area (Å²) in [6.45, 7) is 13.7. The number of fused-ring (bicyclic) bond motifs is 4. The summed E-state index contributed by atoms with van der Waals surface area (Å²) in [6.07, 6.45) is 0. The normalized spacial score (nSPS) is 12.0. The van der Waals surface area contributed by atoms with E-state index in [-0.39, 0.29) is 11.8 Å². The van der Waals surface area contributed by atoms with E-state index in [1.807, 2.05) is 0 Å². The number of furan rings is 1. The third-order valence-electron chi connectivity index (χ3n) is 9.95. The molecule has 0 amide bonds. The molecule has 0 unspecified atom stereocenters. The summed E-state index contributed by atoms with van der Waals surface area (Å²) < 4.78 is 9.14. The minimum absolute atomic E-state index is 0.279. The molecule has 0 fully saturated rings. The number of imidazole rings is 1. The second kappa shape index (κ2) is 12.2. The number of aromatic nitrogens is 2. The van der Waals surface area contributed by atoms with Crippen molar-refractivity contribution in [2.24, 2.45) is 0 Å². The van der Waals surface area contributed by atoms with E-state index < -0.39 is 0 Å². The summed E-state index contributed by atoms with van der Waals surface area (Å²) in [5.41, 5.74) is 14.9. The topological polar surface area (TPSA) is 31.0 Å². The molecule has 2 heterocycles. The van der Waals surface area contributed by atoms with Crippen molar-refractivity contribution in [1.82, 2.24) is 9.55 Å². The zero-order valence-electron chi connectivity index (χ0n) is 29.2. The Labute approximate surface area is 288 Å². The van der Waals surface area contributed by atoms with E-state index in [1.165, 1.54) is 44.6 Å². The number of nitrogens with zero attached hydrogens (tertiary/aromatic N) is 2. The summed E-state index contributed by atoms with van der Waals surface area (Å²) >= 11 is 0. The first-order valence-electron chi connectivity index (χ1n) is 17.6. The van der Waals surface area contributed by atoms with Gasteiger partial charge in [0.2, 0.25) is 0 Å². The zero-order chi connectivity index (χ0) is 33.8. The van der Waals surface area contributed by atoms with Gasteiger partial charge in [0, 0.05) is 10.8 Å². The zero-order valence-corrected chi connectivity index (χ0v) is 29.2. The lowest BCUT2D eigenvalue weighted by Gasteiger charge is -2.24. The minimum atomic E-state index is 0.279. The number of rotatable bonds is 7. The molecule has 0 atom stereocenters. The number of benzene rings is 6. The maximum atomic E-state index is 6.74. The monoisotopic (exact) mass is 638 g/mol. The van der Waals surface area contributed by atoms with Gasteiger partial charge in [0.25, 0.3) is 0 Å². The van der Waals surface area contributed by atoms with Gasteiger partial charge in [-0.2, -0.15) is 0 Å². The molecule has 0 saturated heterocycles. The Morgan fingerprint density at radius 2 is 1.16 bits per heavy atom. The molecule has 0 saturated carbocycles. The van der Waals surface area contributed by atoms with Gasteiger partial charge in [0.1, 0.15) is 17.0 Å². The fourth-order valence-electron chi connectivity index (χ4n) is 7.25. The Morgan fingerprint density at radius 1 is 0.531 bits per heavy atom. The third kappa shape index (κ3) is 5.34. The van der Waals surface area contributed by atoms with E-state index in [0.29, 0.717) is 5.92 Å². The van der Waals surface area contributed by atoms with Crippen molar-refractivity contribution in [2.45, 2.75) is 59.3 Å². The summed E-state index contributed by atoms with van der Waals surface area (Å²) in [5.74, 6) is 1.89. The van der Waals surface area contributed by atoms with Crippen LogP contribution in [0.2, 0.25) is 0 Å². The van der Waals surface area contributed by atoms with Crippen LogP contribution < -0.4 is 0 Å². The highest BCUT2D eigenvalue weighted by molar-refractivity contribution is 6.09. The summed E-state index contributed by atoms with van der Waals surface area (Å²) in [7, 11) is 0. The molecule has 0 aliphatic rings. The van der Waals surface area contributed by atoms with E-state index in [0.717, 1.165) is 44.4 Å². The second-order valence-electron chi connectivity index (χ2n) is 14.2. The van der Waals surface area contributed by atoms with Crippen molar-refractivity contribution < 1.29 is 4.42 Å². The minimum Gasteiger partial charge on any atom is -0.455 e. The van der Waals surface area contributed by atoms with Crippen molar-refractivity contribution in [3.05, 3.63) is 144 Å². The van der Waals surface area contributed by atoms with Crippen LogP contribution in [0.4, 0.5) is 0 Å². The lowest BCUT2D eigenvalue weighted by Crippen LogP contribution is -2.09. The maximum absolute atomic E-state index is 6.74. The predicted molar refractivity (Wildman–Crippen MR) is 207 cm³/mol. The van der Waals surface area contributed by atoms with Gasteiger partial charge in [0.15, 0.2) is 0 Å². The van der Waals surface area contributed by atoms with E-state index in [1.54, 1.807) is 0 Å². The van der Waals surface area contributed by atoms with Crippen molar-refractivity contribution in [3.8, 4) is 39.3 Å². The highest BCUT2D eigenvalue weighted by Crippen LogP contribution is 2.43. The molecule has 0 aliphatic carbocycles. The van der Waals surface area contributed by atoms with Crippen LogP contribution in [0.1, 0.15) is 76.0 Å². The molecule has 3 nitrogen and oxygen atoms in total. The maximum Gasteiger partial charge on any atom is 0.149 e. The lowest BCUT2D eigenvalue weighted by atomic mass is 9.87. The van der Waals surface area contributed by atoms with Gasteiger partial charge >= 0.3 is 0 Å². The third-order valence-corrected chi connectivity index (χ3v) is 9.95. The average molecular weight is 639 g/mol. The number of hydrogen-bond donors (Lipinski definition) is 0. The summed E-state index contributed by atoms with van der Waals surface area (Å²) in [5, 5.41) is 2.25. The first kappa shape index (κ1) is 30.9. The van der Waals surface area contributed by atoms with E-state index in [4.69, 9.17) is 9.40 Å². The Balaban J connectivity index is 1.36. The van der Waals surface area contributed by atoms with Crippen LogP contribution in [0.5, 0.6) is 0 Å². The van der Waals surface area contributed by atoms with E-state index in [9.17, 15) is 0 Å². The van der Waals surface area contributed by atoms with Gasteiger partial charge in [-0.15, -0.1) is 0 Å². The van der Waals surface area contributed by atoms with Gasteiger partial charge in [-0.05, 0) is 93.1 Å². The molecule has 3 heteroatoms. The standard InChI is InChI=1S/C46H42N2O/c1-28(2)34-23-24-36-37-15-12-16-38(45(37)49-43(36)27-34)46-47-41-17-10-11-18-42(41)48(46)44-39(29(3)4)25-35(26-40(44)30(5)6)33-21-19-32(20-22-33)31-13-8-7-9-14-31/h7-30H,1-6H3. The van der Waals surface area contributed by atoms with E-state index in [2.05, 4.69) is 174 Å². The first-order chi connectivity index (χ1) is 23.8. The van der Waals surface area contributed by atoms with Crippen molar-refractivity contribution >= 4 is 33.0 Å². The van der Waals surface area contributed by atoms with E-state index >= 15 is 0 Å². The molecule has 0 aliphatic heterocycles. The highest BCUT2D eigenvalue weighted by Gasteiger charge is 2.25. The highest BCUT2D eigenvalue weighted by atomic mass is 16.3. The Hall–Kier alpha value is -5.41. The molecular formula is C46H42N2O. The molecule has 242 valence electrons. The smallest absolute Gasteiger partial charge is 0.149 e. The summed E-state index contributed by atoms with van der Waals surface area (Å²) in [4.78, 5) is 5.35. The first-order valence-corrected chi connectivity index (χ1v) is 17.6. The number of para-hydroxylation sites is 3. The van der Waals surface area contributed by atoms with Gasteiger partial charge in [-0.25, -0.2) is 4.98 Å². The second-order valence-corrected chi connectivity index (χ2v) is 14.2. The van der Waals surface area contributed by atoms with Crippen LogP contribution in [0.15, 0.2) is 132 Å². The van der Waals surface area contributed by atoms with Gasteiger partial charge < -0.3 is 4.42 Å². The molecule has 6 aromatic carbocycles. The van der Waals surface area contributed by atoms with Crippen LogP contribution >= 0.6 is 0 Å². The molecule has 2 aromatic heterocycles. The van der Waals surface area contributed by atoms with Crippen molar-refractivity contribution in [3.63, 3.8) is 0 Å². The Bertz CT molecular complexity index is 2430. The molecule has 0 spiro atoms. The van der Waals surface area contributed by atoms with Crippen LogP contribution in [-0.4, -0.2) is 9.55 Å². The van der Waals surface area contributed by atoms with Crippen LogP contribution in [0.25, 0.3) is 72.3 Å². The van der Waals surface area contributed by atoms with Gasteiger partial charge in [-0.3, -0.25) is 4.57 Å². The Morgan fingerprint density at radius 3 is 1.84 bits per heavy atom. The summed E-state index contributed by atoms with van der Waals surface area (Å²) in [6, 6.07) is 46.0. The fraction of sp³-hybridized carbons (Fsp3) is 0.196. The molecule has 0 radical (unpaired) electrons. The molecular weight excluding hydrogens is 597 g/mol. The quantitative estimate of drug-likeness (QED) is 0.174. The van der Waals surface area contributed by atoms with Crippen LogP contribution in [0, 0.1) is 0 Å². The molecule has 8 aromatic rings. The molecule has 0 N–H and O–H groups in total. The SMILES string of the molecule is CC(C)c1ccc2c(c1)oc1c(-c3nc4ccccc4n3-c3c(C(C)C)cc(-c4ccc(-c5ccccc5)cc4)cc3C(C)C)cccc12. The molecule has 0 bridgehead atoms. The van der Waals surface area contributed by atoms with Gasteiger partial charge in [0.05, 0.1) is 22.3 Å². The largest absolute Gasteiger partial charge is 0.455 e. The molecule has 49 heavy (non-hydrogen) atoms. The Kier molecular flexibility index (Phi) is 7.72. The molecule has 8 rings (SSSR count). The predicted octanol–water partition coefficient (Wildman–Crippen LogP) is 13.3. The van der Waals surface area contributed by atoms with Crippen LogP contribution in [0.3, 0.4) is 0 Å². The number of hydrogen-bond acceptors (Lipinski definition) is 2.